The SMILES string of the molecule is C=CCO[C@@H](CCCOCc1ccc(OC)cc1)C(=O)C=[N+]=[N-]. The van der Waals surface area contributed by atoms with Gasteiger partial charge in [0, 0.05) is 6.61 Å². The second-order valence-electron chi connectivity index (χ2n) is 4.80. The molecule has 0 bridgehead atoms. The van der Waals surface area contributed by atoms with Crippen molar-refractivity contribution >= 4 is 12.0 Å². The van der Waals surface area contributed by atoms with E-state index in [2.05, 4.69) is 11.4 Å². The molecule has 0 amide bonds. The number of carbonyl (C=O) groups excluding carboxylic acids is 1. The van der Waals surface area contributed by atoms with E-state index in [4.69, 9.17) is 19.7 Å². The number of hydrogen-bond acceptors (Lipinski definition) is 4. The van der Waals surface area contributed by atoms with E-state index in [0.717, 1.165) is 17.5 Å². The van der Waals surface area contributed by atoms with E-state index in [1.165, 1.54) is 0 Å². The van der Waals surface area contributed by atoms with Crippen LogP contribution in [0.2, 0.25) is 0 Å². The van der Waals surface area contributed by atoms with E-state index in [1.54, 1.807) is 13.2 Å². The number of nitrogens with zero attached hydrogens (tertiary/aromatic N) is 2. The van der Waals surface area contributed by atoms with Crippen LogP contribution in [0.25, 0.3) is 5.53 Å². The summed E-state index contributed by atoms with van der Waals surface area (Å²) < 4.78 is 16.0. The van der Waals surface area contributed by atoms with Gasteiger partial charge in [0.25, 0.3) is 5.78 Å². The Morgan fingerprint density at radius 3 is 2.74 bits per heavy atom. The Morgan fingerprint density at radius 1 is 1.39 bits per heavy atom. The summed E-state index contributed by atoms with van der Waals surface area (Å²) in [4.78, 5) is 14.4. The summed E-state index contributed by atoms with van der Waals surface area (Å²) in [5.74, 6) is 0.435. The van der Waals surface area contributed by atoms with Crippen molar-refractivity contribution in [2.45, 2.75) is 25.6 Å². The van der Waals surface area contributed by atoms with E-state index >= 15 is 0 Å². The number of ketones is 1. The Morgan fingerprint density at radius 2 is 2.13 bits per heavy atom. The van der Waals surface area contributed by atoms with Crippen molar-refractivity contribution in [3.63, 3.8) is 0 Å². The molecular formula is C17H22N2O4. The first-order valence-electron chi connectivity index (χ1n) is 7.35. The van der Waals surface area contributed by atoms with Gasteiger partial charge in [-0.1, -0.05) is 18.2 Å². The average molecular weight is 318 g/mol. The largest absolute Gasteiger partial charge is 0.497 e. The predicted molar refractivity (Wildman–Crippen MR) is 86.5 cm³/mol. The quantitative estimate of drug-likeness (QED) is 0.195. The van der Waals surface area contributed by atoms with Crippen molar-refractivity contribution in [2.75, 3.05) is 20.3 Å². The van der Waals surface area contributed by atoms with E-state index in [1.807, 2.05) is 24.3 Å². The Hall–Kier alpha value is -2.27. The Kier molecular flexibility index (Phi) is 9.24. The average Bonchev–Trinajstić information content (AvgIpc) is 2.58. The van der Waals surface area contributed by atoms with Crippen LogP contribution in [0.4, 0.5) is 0 Å². The van der Waals surface area contributed by atoms with Crippen molar-refractivity contribution in [3.8, 4) is 5.75 Å². The molecule has 0 N–H and O–H groups in total. The molecule has 0 radical (unpaired) electrons. The molecule has 124 valence electrons. The molecule has 1 rings (SSSR count). The highest BCUT2D eigenvalue weighted by molar-refractivity contribution is 6.27. The van der Waals surface area contributed by atoms with Gasteiger partial charge in [0.15, 0.2) is 0 Å². The van der Waals surface area contributed by atoms with Crippen LogP contribution in [0, 0.1) is 0 Å². The third kappa shape index (κ3) is 7.51. The molecule has 0 unspecified atom stereocenters. The van der Waals surface area contributed by atoms with Crippen LogP contribution in [0.5, 0.6) is 5.75 Å². The van der Waals surface area contributed by atoms with Crippen LogP contribution in [0.15, 0.2) is 36.9 Å². The van der Waals surface area contributed by atoms with Crippen LogP contribution in [0.3, 0.4) is 0 Å². The second kappa shape index (κ2) is 11.3. The molecular weight excluding hydrogens is 296 g/mol. The maximum absolute atomic E-state index is 11.7. The minimum Gasteiger partial charge on any atom is -0.497 e. The fourth-order valence-electron chi connectivity index (χ4n) is 1.91. The minimum atomic E-state index is -0.645. The Balaban J connectivity index is 2.30. The summed E-state index contributed by atoms with van der Waals surface area (Å²) in [5, 5.41) is 0. The molecule has 23 heavy (non-hydrogen) atoms. The standard InChI is InChI=1S/C17H22N2O4/c1-3-10-23-17(16(20)12-19-18)5-4-11-22-13-14-6-8-15(21-2)9-7-14/h3,6-9,12,17H,1,4-5,10-11,13H2,2H3/t17-/m0/s1. The second-order valence-corrected chi connectivity index (χ2v) is 4.80. The highest BCUT2D eigenvalue weighted by Crippen LogP contribution is 2.12. The lowest BCUT2D eigenvalue weighted by Crippen LogP contribution is -2.26. The number of methoxy groups -OCH3 is 1. The van der Waals surface area contributed by atoms with Crippen LogP contribution in [-0.4, -0.2) is 43.2 Å². The van der Waals surface area contributed by atoms with Gasteiger partial charge in [-0.05, 0) is 30.5 Å². The molecule has 0 aliphatic heterocycles. The fourth-order valence-corrected chi connectivity index (χ4v) is 1.91. The molecule has 1 aromatic rings. The Labute approximate surface area is 136 Å². The Bertz CT molecular complexity index is 536. The van der Waals surface area contributed by atoms with Gasteiger partial charge >= 0.3 is 6.21 Å². The first-order chi connectivity index (χ1) is 11.2. The monoisotopic (exact) mass is 318 g/mol. The van der Waals surface area contributed by atoms with Crippen LogP contribution < -0.4 is 4.74 Å². The summed E-state index contributed by atoms with van der Waals surface area (Å²) in [5.41, 5.74) is 9.47. The van der Waals surface area contributed by atoms with Gasteiger partial charge in [-0.15, -0.1) is 6.58 Å². The topological polar surface area (TPSA) is 81.2 Å². The number of rotatable bonds is 12. The molecule has 1 atom stereocenters. The zero-order valence-electron chi connectivity index (χ0n) is 13.3. The summed E-state index contributed by atoms with van der Waals surface area (Å²) in [7, 11) is 1.62. The molecule has 0 saturated heterocycles. The van der Waals surface area contributed by atoms with Gasteiger partial charge < -0.3 is 19.7 Å². The molecule has 0 aliphatic carbocycles. The third-order valence-corrected chi connectivity index (χ3v) is 3.10. The first kappa shape index (κ1) is 18.8. The molecule has 0 spiro atoms. The van der Waals surface area contributed by atoms with Crippen molar-refractivity contribution in [3.05, 3.63) is 48.0 Å². The summed E-state index contributed by atoms with van der Waals surface area (Å²) >= 11 is 0. The van der Waals surface area contributed by atoms with Gasteiger partial charge in [-0.2, -0.15) is 4.79 Å². The molecule has 0 aliphatic rings. The summed E-state index contributed by atoms with van der Waals surface area (Å²) in [6, 6.07) is 7.64. The zero-order valence-corrected chi connectivity index (χ0v) is 13.3. The summed E-state index contributed by atoms with van der Waals surface area (Å²) in [6.07, 6.45) is 2.92. The molecule has 6 heteroatoms. The molecule has 0 aromatic heterocycles. The third-order valence-electron chi connectivity index (χ3n) is 3.10. The van der Waals surface area contributed by atoms with Gasteiger partial charge in [-0.25, -0.2) is 0 Å². The van der Waals surface area contributed by atoms with E-state index in [9.17, 15) is 4.79 Å². The van der Waals surface area contributed by atoms with E-state index in [0.29, 0.717) is 26.1 Å². The number of benzene rings is 1. The first-order valence-corrected chi connectivity index (χ1v) is 7.35. The maximum Gasteiger partial charge on any atom is 0.325 e. The maximum atomic E-state index is 11.7. The molecule has 1 aromatic carbocycles. The summed E-state index contributed by atoms with van der Waals surface area (Å²) in [6.45, 7) is 4.80. The van der Waals surface area contributed by atoms with Gasteiger partial charge in [0.2, 0.25) is 0 Å². The van der Waals surface area contributed by atoms with Crippen molar-refractivity contribution in [1.29, 1.82) is 0 Å². The minimum absolute atomic E-state index is 0.266. The molecule has 0 fully saturated rings. The lowest BCUT2D eigenvalue weighted by molar-refractivity contribution is -0.126. The van der Waals surface area contributed by atoms with E-state index < -0.39 is 6.10 Å². The smallest absolute Gasteiger partial charge is 0.325 e. The predicted octanol–water partition coefficient (Wildman–Crippen LogP) is 2.43. The number of ether oxygens (including phenoxy) is 3. The lowest BCUT2D eigenvalue weighted by Gasteiger charge is -2.12. The highest BCUT2D eigenvalue weighted by Gasteiger charge is 2.19. The normalized spacial score (nSPS) is 11.3. The van der Waals surface area contributed by atoms with Gasteiger partial charge in [0.05, 0.1) is 20.3 Å². The van der Waals surface area contributed by atoms with Gasteiger partial charge in [0.1, 0.15) is 11.9 Å². The van der Waals surface area contributed by atoms with Crippen LogP contribution in [-0.2, 0) is 20.9 Å². The molecule has 0 heterocycles. The van der Waals surface area contributed by atoms with Crippen molar-refractivity contribution < 1.29 is 23.8 Å². The molecule has 6 nitrogen and oxygen atoms in total. The number of Topliss-reactive ketones (excluding diaryl/α,β-unsaturated/α-hetero) is 1. The van der Waals surface area contributed by atoms with Crippen LogP contribution >= 0.6 is 0 Å². The van der Waals surface area contributed by atoms with Crippen molar-refractivity contribution in [2.24, 2.45) is 0 Å². The number of carbonyl (C=O) groups is 1. The van der Waals surface area contributed by atoms with E-state index in [-0.39, 0.29) is 12.4 Å². The van der Waals surface area contributed by atoms with Gasteiger partial charge in [-0.3, -0.25) is 4.79 Å². The molecule has 0 saturated carbocycles. The number of hydrogen-bond donors (Lipinski definition) is 0. The fraction of sp³-hybridized carbons (Fsp3) is 0.412. The van der Waals surface area contributed by atoms with Crippen molar-refractivity contribution in [1.82, 2.24) is 0 Å². The lowest BCUT2D eigenvalue weighted by atomic mass is 10.1. The highest BCUT2D eigenvalue weighted by atomic mass is 16.5. The zero-order chi connectivity index (χ0) is 16.9. The van der Waals surface area contributed by atoms with Crippen LogP contribution in [0.1, 0.15) is 18.4 Å².